The van der Waals surface area contributed by atoms with E-state index in [0.717, 1.165) is 44.1 Å². The molecular weight excluding hydrogens is 456 g/mol. The molecular formula is C38H41. The van der Waals surface area contributed by atoms with Crippen LogP contribution in [0.2, 0.25) is 0 Å². The van der Waals surface area contributed by atoms with Crippen LogP contribution in [0.5, 0.6) is 0 Å². The first kappa shape index (κ1) is 27.5. The molecule has 0 nitrogen and oxygen atoms in total. The van der Waals surface area contributed by atoms with Crippen molar-refractivity contribution >= 4 is 11.1 Å². The Bertz CT molecular complexity index is 1380. The van der Waals surface area contributed by atoms with Crippen LogP contribution in [0.25, 0.3) is 11.1 Å². The fraction of sp³-hybridized carbons (Fsp3) is 0.342. The fourth-order valence-electron chi connectivity index (χ4n) is 5.61. The number of benzene rings is 1. The van der Waals surface area contributed by atoms with Crippen LogP contribution >= 0.6 is 0 Å². The molecule has 0 bridgehead atoms. The maximum absolute atomic E-state index is 5.65. The molecule has 1 saturated carbocycles. The van der Waals surface area contributed by atoms with Crippen molar-refractivity contribution in [3.05, 3.63) is 136 Å². The number of hydrogen-bond donors (Lipinski definition) is 0. The molecule has 1 aromatic carbocycles. The molecule has 0 N–H and O–H groups in total. The van der Waals surface area contributed by atoms with Crippen LogP contribution < -0.4 is 0 Å². The van der Waals surface area contributed by atoms with Crippen LogP contribution in [0.4, 0.5) is 0 Å². The zero-order valence-corrected chi connectivity index (χ0v) is 23.5. The Labute approximate surface area is 231 Å². The quantitative estimate of drug-likeness (QED) is 0.211. The zero-order chi connectivity index (χ0) is 27.0. The van der Waals surface area contributed by atoms with Crippen LogP contribution in [0.15, 0.2) is 113 Å². The largest absolute Gasteiger partial charge is 0.121 e. The van der Waals surface area contributed by atoms with Crippen molar-refractivity contribution in [2.45, 2.75) is 78.6 Å². The molecule has 0 unspecified atom stereocenters. The molecule has 0 saturated heterocycles. The number of rotatable bonds is 11. The second-order valence-electron chi connectivity index (χ2n) is 10.9. The third-order valence-electron chi connectivity index (χ3n) is 8.21. The molecule has 3 aliphatic carbocycles. The molecule has 0 heteroatoms. The lowest BCUT2D eigenvalue weighted by Crippen LogP contribution is -2.26. The molecule has 1 radical (unpaired) electrons. The molecule has 0 heterocycles. The highest BCUT2D eigenvalue weighted by Gasteiger charge is 2.35. The van der Waals surface area contributed by atoms with E-state index in [2.05, 4.69) is 111 Å². The smallest absolute Gasteiger partial charge is 0.0227 e. The number of allylic oxidation sites excluding steroid dienone is 13. The Hall–Kier alpha value is -3.52. The summed E-state index contributed by atoms with van der Waals surface area (Å²) >= 11 is 0. The molecule has 0 spiro atoms. The van der Waals surface area contributed by atoms with E-state index in [1.54, 1.807) is 0 Å². The molecule has 0 atom stereocenters. The van der Waals surface area contributed by atoms with Gasteiger partial charge in [-0.25, -0.2) is 0 Å². The molecule has 4 rings (SSSR count). The van der Waals surface area contributed by atoms with Gasteiger partial charge in [-0.2, -0.15) is 0 Å². The fourth-order valence-corrected chi connectivity index (χ4v) is 5.61. The molecule has 3 aliphatic rings. The second kappa shape index (κ2) is 12.8. The third-order valence-corrected chi connectivity index (χ3v) is 8.21. The monoisotopic (exact) mass is 497 g/mol. The van der Waals surface area contributed by atoms with Gasteiger partial charge in [0.15, 0.2) is 0 Å². The summed E-state index contributed by atoms with van der Waals surface area (Å²) in [6.45, 7) is 16.4. The summed E-state index contributed by atoms with van der Waals surface area (Å²) in [6, 6.07) is 6.82. The van der Waals surface area contributed by atoms with Crippen molar-refractivity contribution in [2.24, 2.45) is 5.41 Å². The SMILES string of the molecule is [CH]=C=C(CCC)CC/C=C\C(=C=C)c1ccc(C2=CC(C3=CC(C4(C)CCC4)=C=CC=C3)=CC2)c(CC)c1. The predicted molar refractivity (Wildman–Crippen MR) is 164 cm³/mol. The lowest BCUT2D eigenvalue weighted by atomic mass is 9.65. The number of aryl methyl sites for hydroxylation is 1. The first-order valence-corrected chi connectivity index (χ1v) is 14.3. The first-order chi connectivity index (χ1) is 18.5. The van der Waals surface area contributed by atoms with Gasteiger partial charge in [-0.05, 0) is 114 Å². The Morgan fingerprint density at radius 1 is 1.16 bits per heavy atom. The summed E-state index contributed by atoms with van der Waals surface area (Å²) < 4.78 is 0. The van der Waals surface area contributed by atoms with Crippen molar-refractivity contribution in [1.29, 1.82) is 0 Å². The third kappa shape index (κ3) is 6.30. The van der Waals surface area contributed by atoms with Crippen LogP contribution in [0.3, 0.4) is 0 Å². The number of hydrogen-bond acceptors (Lipinski definition) is 0. The second-order valence-corrected chi connectivity index (χ2v) is 10.9. The van der Waals surface area contributed by atoms with Crippen molar-refractivity contribution in [1.82, 2.24) is 0 Å². The summed E-state index contributed by atoms with van der Waals surface area (Å²) in [7, 11) is 0. The van der Waals surface area contributed by atoms with E-state index in [0.29, 0.717) is 0 Å². The van der Waals surface area contributed by atoms with Gasteiger partial charge in [0.25, 0.3) is 0 Å². The van der Waals surface area contributed by atoms with E-state index in [4.69, 9.17) is 6.58 Å². The van der Waals surface area contributed by atoms with Crippen molar-refractivity contribution in [3.8, 4) is 0 Å². The minimum Gasteiger partial charge on any atom is -0.121 e. The van der Waals surface area contributed by atoms with Crippen LogP contribution in [-0.2, 0) is 6.42 Å². The van der Waals surface area contributed by atoms with Gasteiger partial charge in [0.05, 0.1) is 0 Å². The standard InChI is InChI=1S/C38H41/c1-6-15-29(7-2)16-10-11-17-30(8-3)33-22-23-37(31(9-4)26-33)35-21-20-34(27-35)32-18-12-13-19-36(28-32)38(5)24-14-25-38/h2,11-13,17-18,20,22-23,26-28H,3,6,9-10,14-16,21,24-25H2,1,4-5H3/b17-11-. The van der Waals surface area contributed by atoms with E-state index in [9.17, 15) is 0 Å². The summed E-state index contributed by atoms with van der Waals surface area (Å²) in [6.07, 6.45) is 27.7. The van der Waals surface area contributed by atoms with Gasteiger partial charge in [0.1, 0.15) is 0 Å². The molecule has 193 valence electrons. The average molecular weight is 498 g/mol. The Morgan fingerprint density at radius 2 is 2.00 bits per heavy atom. The van der Waals surface area contributed by atoms with Crippen LogP contribution in [0, 0.1) is 12.0 Å². The molecule has 1 aromatic rings. The van der Waals surface area contributed by atoms with Gasteiger partial charge in [-0.3, -0.25) is 0 Å². The summed E-state index contributed by atoms with van der Waals surface area (Å²) in [4.78, 5) is 0. The van der Waals surface area contributed by atoms with Gasteiger partial charge < -0.3 is 0 Å². The highest BCUT2D eigenvalue weighted by molar-refractivity contribution is 5.80. The highest BCUT2D eigenvalue weighted by atomic mass is 14.4. The van der Waals surface area contributed by atoms with E-state index in [-0.39, 0.29) is 5.41 Å². The Morgan fingerprint density at radius 3 is 2.68 bits per heavy atom. The minimum absolute atomic E-state index is 0.285. The lowest BCUT2D eigenvalue weighted by molar-refractivity contribution is 0.221. The van der Waals surface area contributed by atoms with E-state index in [1.807, 2.05) is 0 Å². The predicted octanol–water partition coefficient (Wildman–Crippen LogP) is 10.5. The molecule has 0 aromatic heterocycles. The van der Waals surface area contributed by atoms with E-state index in [1.165, 1.54) is 63.8 Å². The van der Waals surface area contributed by atoms with E-state index >= 15 is 0 Å². The normalized spacial score (nSPS) is 17.6. The molecule has 0 amide bonds. The van der Waals surface area contributed by atoms with Gasteiger partial charge in [-0.15, -0.1) is 17.2 Å². The maximum atomic E-state index is 5.65. The molecule has 0 aliphatic heterocycles. The highest BCUT2D eigenvalue weighted by Crippen LogP contribution is 2.47. The summed E-state index contributed by atoms with van der Waals surface area (Å²) in [5.74, 6) is 0. The van der Waals surface area contributed by atoms with Crippen molar-refractivity contribution < 1.29 is 0 Å². The zero-order valence-electron chi connectivity index (χ0n) is 23.5. The molecule has 1 fully saturated rings. The van der Waals surface area contributed by atoms with Gasteiger partial charge in [0.2, 0.25) is 0 Å². The first-order valence-electron chi connectivity index (χ1n) is 14.3. The lowest BCUT2D eigenvalue weighted by Gasteiger charge is -2.38. The average Bonchev–Trinajstić information content (AvgIpc) is 3.28. The Kier molecular flexibility index (Phi) is 9.29. The minimum atomic E-state index is 0.285. The van der Waals surface area contributed by atoms with Crippen LogP contribution in [-0.4, -0.2) is 0 Å². The summed E-state index contributed by atoms with van der Waals surface area (Å²) in [5.41, 5.74) is 21.3. The maximum Gasteiger partial charge on any atom is 0.0227 e. The van der Waals surface area contributed by atoms with Gasteiger partial charge in [0, 0.05) is 11.1 Å². The molecule has 38 heavy (non-hydrogen) atoms. The van der Waals surface area contributed by atoms with Gasteiger partial charge in [-0.1, -0.05) is 88.8 Å². The van der Waals surface area contributed by atoms with E-state index < -0.39 is 0 Å². The topological polar surface area (TPSA) is 0 Å². The van der Waals surface area contributed by atoms with Crippen molar-refractivity contribution in [2.75, 3.05) is 0 Å². The van der Waals surface area contributed by atoms with Gasteiger partial charge >= 0.3 is 0 Å². The Balaban J connectivity index is 1.50. The van der Waals surface area contributed by atoms with Crippen molar-refractivity contribution in [3.63, 3.8) is 0 Å². The summed E-state index contributed by atoms with van der Waals surface area (Å²) in [5, 5.41) is 0. The van der Waals surface area contributed by atoms with Crippen LogP contribution in [0.1, 0.15) is 88.8 Å².